The van der Waals surface area contributed by atoms with E-state index in [4.69, 9.17) is 4.99 Å². The molecule has 3 heteroatoms. The molecule has 1 aromatic heterocycles. The highest BCUT2D eigenvalue weighted by Crippen LogP contribution is 2.32. The molecule has 28 heavy (non-hydrogen) atoms. The standard InChI is InChI=1S/C25H25N3/c1-17-8-10-24-21(14-17)11-13-28(24)25(23-15-18(2)7-9-19(23)3)27-20(4)22-6-5-12-26-16-22/h5-10,12,14-16H,4,11,13H2,1-3H3. The molecule has 0 radical (unpaired) electrons. The van der Waals surface area contributed by atoms with Gasteiger partial charge in [-0.25, -0.2) is 4.99 Å². The van der Waals surface area contributed by atoms with Crippen LogP contribution in [0.3, 0.4) is 0 Å². The van der Waals surface area contributed by atoms with Gasteiger partial charge in [-0.3, -0.25) is 4.98 Å². The summed E-state index contributed by atoms with van der Waals surface area (Å²) in [6.45, 7) is 11.6. The van der Waals surface area contributed by atoms with E-state index in [0.29, 0.717) is 0 Å². The summed E-state index contributed by atoms with van der Waals surface area (Å²) in [6.07, 6.45) is 4.61. The lowest BCUT2D eigenvalue weighted by molar-refractivity contribution is 1.02. The average Bonchev–Trinajstić information content (AvgIpc) is 3.11. The molecule has 3 nitrogen and oxygen atoms in total. The Balaban J connectivity index is 1.85. The maximum absolute atomic E-state index is 5.03. The van der Waals surface area contributed by atoms with Crippen LogP contribution < -0.4 is 4.90 Å². The number of anilines is 1. The van der Waals surface area contributed by atoms with Crippen LogP contribution in [0.4, 0.5) is 5.69 Å². The molecule has 1 aliphatic heterocycles. The van der Waals surface area contributed by atoms with Gasteiger partial charge in [-0.2, -0.15) is 0 Å². The number of aliphatic imine (C=N–C) groups is 1. The van der Waals surface area contributed by atoms with Crippen molar-refractivity contribution in [1.82, 2.24) is 4.98 Å². The summed E-state index contributed by atoms with van der Waals surface area (Å²) < 4.78 is 0. The SMILES string of the molecule is C=C(N=C(c1cc(C)ccc1C)N1CCc2cc(C)ccc21)c1cccnc1. The third-order valence-electron chi connectivity index (χ3n) is 5.26. The van der Waals surface area contributed by atoms with Gasteiger partial charge in [-0.15, -0.1) is 0 Å². The Kier molecular flexibility index (Phi) is 4.82. The topological polar surface area (TPSA) is 28.5 Å². The van der Waals surface area contributed by atoms with E-state index >= 15 is 0 Å². The van der Waals surface area contributed by atoms with Gasteiger partial charge in [0.25, 0.3) is 0 Å². The van der Waals surface area contributed by atoms with Crippen molar-refractivity contribution in [2.75, 3.05) is 11.4 Å². The maximum atomic E-state index is 5.03. The summed E-state index contributed by atoms with van der Waals surface area (Å²) in [4.78, 5) is 11.6. The Morgan fingerprint density at radius 1 is 1.04 bits per heavy atom. The predicted molar refractivity (Wildman–Crippen MR) is 118 cm³/mol. The zero-order chi connectivity index (χ0) is 19.7. The van der Waals surface area contributed by atoms with Crippen LogP contribution in [0, 0.1) is 20.8 Å². The number of aryl methyl sites for hydroxylation is 3. The lowest BCUT2D eigenvalue weighted by Crippen LogP contribution is -2.30. The summed E-state index contributed by atoms with van der Waals surface area (Å²) in [5, 5.41) is 0. The fourth-order valence-corrected chi connectivity index (χ4v) is 3.72. The smallest absolute Gasteiger partial charge is 0.141 e. The molecule has 0 saturated carbocycles. The number of hydrogen-bond acceptors (Lipinski definition) is 2. The fraction of sp³-hybridized carbons (Fsp3) is 0.200. The Morgan fingerprint density at radius 3 is 2.61 bits per heavy atom. The number of benzene rings is 2. The number of aromatic nitrogens is 1. The number of fused-ring (bicyclic) bond motifs is 1. The summed E-state index contributed by atoms with van der Waals surface area (Å²) >= 11 is 0. The third kappa shape index (κ3) is 3.48. The van der Waals surface area contributed by atoms with Gasteiger partial charge in [0, 0.05) is 35.8 Å². The largest absolute Gasteiger partial charge is 0.325 e. The molecular weight excluding hydrogens is 342 g/mol. The Bertz CT molecular complexity index is 1060. The molecule has 0 fully saturated rings. The van der Waals surface area contributed by atoms with Crippen LogP contribution in [0.2, 0.25) is 0 Å². The molecule has 0 N–H and O–H groups in total. The van der Waals surface area contributed by atoms with Gasteiger partial charge >= 0.3 is 0 Å². The average molecular weight is 367 g/mol. The van der Waals surface area contributed by atoms with Crippen LogP contribution >= 0.6 is 0 Å². The van der Waals surface area contributed by atoms with Crippen LogP contribution in [0.25, 0.3) is 5.70 Å². The number of rotatable bonds is 3. The molecule has 140 valence electrons. The van der Waals surface area contributed by atoms with Crippen LogP contribution in [0.15, 0.2) is 72.5 Å². The highest BCUT2D eigenvalue weighted by Gasteiger charge is 2.25. The molecule has 2 heterocycles. The van der Waals surface area contributed by atoms with Crippen molar-refractivity contribution in [3.05, 3.63) is 101 Å². The minimum Gasteiger partial charge on any atom is -0.325 e. The lowest BCUT2D eigenvalue weighted by Gasteiger charge is -2.24. The second-order valence-electron chi connectivity index (χ2n) is 7.48. The van der Waals surface area contributed by atoms with Gasteiger partial charge in [-0.1, -0.05) is 42.0 Å². The quantitative estimate of drug-likeness (QED) is 0.452. The minimum atomic E-state index is 0.726. The lowest BCUT2D eigenvalue weighted by atomic mass is 10.0. The number of amidine groups is 1. The van der Waals surface area contributed by atoms with Crippen LogP contribution in [-0.4, -0.2) is 17.4 Å². The molecule has 3 aromatic rings. The van der Waals surface area contributed by atoms with Gasteiger partial charge < -0.3 is 4.90 Å². The van der Waals surface area contributed by atoms with Crippen molar-refractivity contribution in [2.45, 2.75) is 27.2 Å². The highest BCUT2D eigenvalue weighted by atomic mass is 15.2. The first-order valence-corrected chi connectivity index (χ1v) is 9.65. The van der Waals surface area contributed by atoms with E-state index in [9.17, 15) is 0 Å². The van der Waals surface area contributed by atoms with E-state index in [1.165, 1.54) is 27.9 Å². The van der Waals surface area contributed by atoms with Crippen LogP contribution in [0.5, 0.6) is 0 Å². The van der Waals surface area contributed by atoms with Crippen LogP contribution in [0.1, 0.15) is 33.4 Å². The Labute approximate surface area is 167 Å². The van der Waals surface area contributed by atoms with Gasteiger partial charge in [0.05, 0.1) is 5.70 Å². The third-order valence-corrected chi connectivity index (χ3v) is 5.26. The monoisotopic (exact) mass is 367 g/mol. The Hall–Kier alpha value is -3.20. The minimum absolute atomic E-state index is 0.726. The molecular formula is C25H25N3. The number of nitrogens with zero attached hydrogens (tertiary/aromatic N) is 3. The summed E-state index contributed by atoms with van der Waals surface area (Å²) in [5.74, 6) is 0.956. The van der Waals surface area contributed by atoms with E-state index < -0.39 is 0 Å². The van der Waals surface area contributed by atoms with E-state index in [-0.39, 0.29) is 0 Å². The van der Waals surface area contributed by atoms with Gasteiger partial charge in [0.1, 0.15) is 5.84 Å². The van der Waals surface area contributed by atoms with Crippen molar-refractivity contribution >= 4 is 17.2 Å². The van der Waals surface area contributed by atoms with Gasteiger partial charge in [-0.05, 0) is 62.6 Å². The van der Waals surface area contributed by atoms with E-state index in [2.05, 4.69) is 73.6 Å². The molecule has 0 unspecified atom stereocenters. The first-order chi connectivity index (χ1) is 13.5. The first-order valence-electron chi connectivity index (χ1n) is 9.65. The van der Waals surface area contributed by atoms with Crippen LogP contribution in [-0.2, 0) is 6.42 Å². The van der Waals surface area contributed by atoms with Crippen molar-refractivity contribution in [2.24, 2.45) is 4.99 Å². The first kappa shape index (κ1) is 18.2. The number of pyridine rings is 1. The zero-order valence-electron chi connectivity index (χ0n) is 16.7. The molecule has 0 atom stereocenters. The molecule has 0 spiro atoms. The normalized spacial score (nSPS) is 13.5. The molecule has 4 rings (SSSR count). The van der Waals surface area contributed by atoms with E-state index in [1.54, 1.807) is 6.20 Å². The summed E-state index contributed by atoms with van der Waals surface area (Å²) in [6, 6.07) is 17.1. The second kappa shape index (κ2) is 7.43. The Morgan fingerprint density at radius 2 is 1.82 bits per heavy atom. The summed E-state index contributed by atoms with van der Waals surface area (Å²) in [7, 11) is 0. The molecule has 0 amide bonds. The molecule has 0 bridgehead atoms. The van der Waals surface area contributed by atoms with Crippen molar-refractivity contribution < 1.29 is 0 Å². The van der Waals surface area contributed by atoms with E-state index in [0.717, 1.165) is 35.6 Å². The fourth-order valence-electron chi connectivity index (χ4n) is 3.72. The molecule has 2 aromatic carbocycles. The summed E-state index contributed by atoms with van der Waals surface area (Å²) in [5.41, 5.74) is 9.17. The van der Waals surface area contributed by atoms with Gasteiger partial charge in [0.15, 0.2) is 0 Å². The van der Waals surface area contributed by atoms with E-state index in [1.807, 2.05) is 18.3 Å². The number of hydrogen-bond donors (Lipinski definition) is 0. The second-order valence-corrected chi connectivity index (χ2v) is 7.48. The maximum Gasteiger partial charge on any atom is 0.141 e. The highest BCUT2D eigenvalue weighted by molar-refractivity contribution is 6.13. The molecule has 1 aliphatic rings. The van der Waals surface area contributed by atoms with Gasteiger partial charge in [0.2, 0.25) is 0 Å². The van der Waals surface area contributed by atoms with Crippen molar-refractivity contribution in [1.29, 1.82) is 0 Å². The molecule has 0 aliphatic carbocycles. The van der Waals surface area contributed by atoms with Crippen molar-refractivity contribution in [3.63, 3.8) is 0 Å². The molecule has 0 saturated heterocycles. The zero-order valence-corrected chi connectivity index (χ0v) is 16.7. The van der Waals surface area contributed by atoms with Crippen molar-refractivity contribution in [3.8, 4) is 0 Å². The predicted octanol–water partition coefficient (Wildman–Crippen LogP) is 5.49.